The number of amides is 1. The number of nitrogens with zero attached hydrogens (tertiary/aromatic N) is 1. The second kappa shape index (κ2) is 7.68. The third kappa shape index (κ3) is 3.87. The lowest BCUT2D eigenvalue weighted by Crippen LogP contribution is -2.43. The maximum Gasteiger partial charge on any atom is 0.311 e. The molecule has 4 nitrogen and oxygen atoms in total. The van der Waals surface area contributed by atoms with Crippen LogP contribution in [-0.2, 0) is 27.2 Å². The maximum atomic E-state index is 12.8. The molecule has 1 aliphatic rings. The van der Waals surface area contributed by atoms with Crippen molar-refractivity contribution < 1.29 is 14.3 Å². The summed E-state index contributed by atoms with van der Waals surface area (Å²) in [6.07, 6.45) is -0.0925. The van der Waals surface area contributed by atoms with E-state index in [0.717, 1.165) is 17.7 Å². The van der Waals surface area contributed by atoms with Crippen LogP contribution >= 0.6 is 23.2 Å². The van der Waals surface area contributed by atoms with Gasteiger partial charge in [-0.05, 0) is 49.6 Å². The molecule has 2 atom stereocenters. The maximum absolute atomic E-state index is 12.8. The summed E-state index contributed by atoms with van der Waals surface area (Å²) in [5.74, 6) is -0.729. The van der Waals surface area contributed by atoms with Crippen molar-refractivity contribution in [2.45, 2.75) is 38.8 Å². The molecule has 0 aromatic heterocycles. The molecule has 3 rings (SSSR count). The van der Waals surface area contributed by atoms with E-state index in [1.165, 1.54) is 0 Å². The molecule has 0 fully saturated rings. The van der Waals surface area contributed by atoms with Crippen molar-refractivity contribution in [1.29, 1.82) is 0 Å². The van der Waals surface area contributed by atoms with Crippen LogP contribution in [0.15, 0.2) is 42.5 Å². The highest BCUT2D eigenvalue weighted by atomic mass is 35.5. The predicted molar refractivity (Wildman–Crippen MR) is 103 cm³/mol. The Morgan fingerprint density at radius 2 is 1.96 bits per heavy atom. The van der Waals surface area contributed by atoms with Gasteiger partial charge < -0.3 is 9.64 Å². The molecule has 136 valence electrons. The number of fused-ring (bicyclic) bond motifs is 1. The van der Waals surface area contributed by atoms with Gasteiger partial charge in [-0.3, -0.25) is 9.59 Å². The van der Waals surface area contributed by atoms with Crippen LogP contribution in [0.5, 0.6) is 0 Å². The lowest BCUT2D eigenvalue weighted by atomic mass is 10.1. The summed E-state index contributed by atoms with van der Waals surface area (Å²) in [5.41, 5.74) is 2.62. The highest BCUT2D eigenvalue weighted by Crippen LogP contribution is 2.32. The largest absolute Gasteiger partial charge is 0.452 e. The number of para-hydroxylation sites is 1. The van der Waals surface area contributed by atoms with Crippen LogP contribution in [0.4, 0.5) is 5.69 Å². The fourth-order valence-corrected chi connectivity index (χ4v) is 3.68. The molecule has 0 spiro atoms. The van der Waals surface area contributed by atoms with Crippen LogP contribution in [0.2, 0.25) is 10.0 Å². The smallest absolute Gasteiger partial charge is 0.311 e. The van der Waals surface area contributed by atoms with Gasteiger partial charge in [-0.2, -0.15) is 0 Å². The molecule has 6 heteroatoms. The Labute approximate surface area is 162 Å². The van der Waals surface area contributed by atoms with E-state index in [4.69, 9.17) is 27.9 Å². The number of carbonyl (C=O) groups excluding carboxylic acids is 2. The number of anilines is 1. The van der Waals surface area contributed by atoms with E-state index in [9.17, 15) is 9.59 Å². The number of hydrogen-bond acceptors (Lipinski definition) is 3. The van der Waals surface area contributed by atoms with Gasteiger partial charge in [0.2, 0.25) is 0 Å². The van der Waals surface area contributed by atoms with Crippen molar-refractivity contribution in [2.24, 2.45) is 0 Å². The Morgan fingerprint density at radius 3 is 2.69 bits per heavy atom. The van der Waals surface area contributed by atoms with E-state index >= 15 is 0 Å². The molecule has 0 saturated carbocycles. The zero-order valence-electron chi connectivity index (χ0n) is 14.5. The standard InChI is InChI=1S/C20H19Cl2NO3/c1-12-9-15-5-3-4-6-18(15)23(12)20(25)13(2)26-19(24)10-14-7-8-16(21)11-17(14)22/h3-8,11-13H,9-10H2,1-2H3/t12-,13-/m0/s1. The number of benzene rings is 2. The number of ether oxygens (including phenoxy) is 1. The summed E-state index contributed by atoms with van der Waals surface area (Å²) in [6, 6.07) is 12.7. The molecule has 0 radical (unpaired) electrons. The molecule has 0 unspecified atom stereocenters. The van der Waals surface area contributed by atoms with Crippen molar-refractivity contribution in [3.63, 3.8) is 0 Å². The average molecular weight is 392 g/mol. The van der Waals surface area contributed by atoms with Crippen LogP contribution in [0.1, 0.15) is 25.0 Å². The molecule has 0 aliphatic carbocycles. The number of esters is 1. The van der Waals surface area contributed by atoms with Crippen molar-refractivity contribution in [1.82, 2.24) is 0 Å². The zero-order valence-corrected chi connectivity index (χ0v) is 16.1. The monoisotopic (exact) mass is 391 g/mol. The predicted octanol–water partition coefficient (Wildman–Crippen LogP) is 4.45. The van der Waals surface area contributed by atoms with Crippen molar-refractivity contribution >= 4 is 40.8 Å². The molecular formula is C20H19Cl2NO3. The zero-order chi connectivity index (χ0) is 18.8. The summed E-state index contributed by atoms with van der Waals surface area (Å²) in [5, 5.41) is 0.896. The van der Waals surface area contributed by atoms with Crippen molar-refractivity contribution in [2.75, 3.05) is 4.90 Å². The summed E-state index contributed by atoms with van der Waals surface area (Å²) >= 11 is 11.9. The van der Waals surface area contributed by atoms with Crippen LogP contribution in [0, 0.1) is 0 Å². The van der Waals surface area contributed by atoms with E-state index in [-0.39, 0.29) is 18.4 Å². The number of rotatable bonds is 4. The van der Waals surface area contributed by atoms with Crippen molar-refractivity contribution in [3.8, 4) is 0 Å². The van der Waals surface area contributed by atoms with Gasteiger partial charge in [0, 0.05) is 21.8 Å². The fourth-order valence-electron chi connectivity index (χ4n) is 3.21. The van der Waals surface area contributed by atoms with E-state index in [1.54, 1.807) is 30.0 Å². The van der Waals surface area contributed by atoms with Gasteiger partial charge in [-0.1, -0.05) is 47.5 Å². The minimum absolute atomic E-state index is 0.0141. The first-order valence-corrected chi connectivity index (χ1v) is 9.17. The van der Waals surface area contributed by atoms with E-state index in [0.29, 0.717) is 15.6 Å². The second-order valence-corrected chi connectivity index (χ2v) is 7.28. The lowest BCUT2D eigenvalue weighted by molar-refractivity contribution is -0.153. The van der Waals surface area contributed by atoms with Crippen LogP contribution in [0.25, 0.3) is 0 Å². The van der Waals surface area contributed by atoms with Gasteiger partial charge >= 0.3 is 5.97 Å². The fraction of sp³-hybridized carbons (Fsp3) is 0.300. The average Bonchev–Trinajstić information content (AvgIpc) is 2.92. The van der Waals surface area contributed by atoms with E-state index in [1.807, 2.05) is 31.2 Å². The summed E-state index contributed by atoms with van der Waals surface area (Å²) < 4.78 is 5.36. The molecule has 0 N–H and O–H groups in total. The minimum Gasteiger partial charge on any atom is -0.452 e. The third-order valence-electron chi connectivity index (χ3n) is 4.45. The first-order chi connectivity index (χ1) is 12.4. The van der Waals surface area contributed by atoms with Crippen LogP contribution in [0.3, 0.4) is 0 Å². The highest BCUT2D eigenvalue weighted by molar-refractivity contribution is 6.35. The van der Waals surface area contributed by atoms with Gasteiger partial charge in [0.1, 0.15) is 0 Å². The summed E-state index contributed by atoms with van der Waals surface area (Å²) in [4.78, 5) is 26.8. The number of halogens is 2. The van der Waals surface area contributed by atoms with Crippen molar-refractivity contribution in [3.05, 3.63) is 63.6 Å². The molecule has 2 aromatic carbocycles. The Kier molecular flexibility index (Phi) is 5.54. The molecule has 0 saturated heterocycles. The minimum atomic E-state index is -0.873. The Balaban J connectivity index is 1.67. The lowest BCUT2D eigenvalue weighted by Gasteiger charge is -2.26. The van der Waals surface area contributed by atoms with Gasteiger partial charge in [0.25, 0.3) is 5.91 Å². The summed E-state index contributed by atoms with van der Waals surface area (Å²) in [6.45, 7) is 3.58. The van der Waals surface area contributed by atoms with Crippen LogP contribution < -0.4 is 4.90 Å². The Hall–Kier alpha value is -2.04. The van der Waals surface area contributed by atoms with E-state index < -0.39 is 12.1 Å². The first kappa shape index (κ1) is 18.7. The number of carbonyl (C=O) groups is 2. The SMILES string of the molecule is C[C@H](OC(=O)Cc1ccc(Cl)cc1Cl)C(=O)N1c2ccccc2C[C@@H]1C. The second-order valence-electron chi connectivity index (χ2n) is 6.43. The Bertz CT molecular complexity index is 853. The Morgan fingerprint density at radius 1 is 1.23 bits per heavy atom. The molecule has 26 heavy (non-hydrogen) atoms. The third-order valence-corrected chi connectivity index (χ3v) is 5.04. The van der Waals surface area contributed by atoms with Gasteiger partial charge in [0.15, 0.2) is 6.10 Å². The topological polar surface area (TPSA) is 46.6 Å². The molecule has 2 aromatic rings. The van der Waals surface area contributed by atoms with Gasteiger partial charge in [-0.15, -0.1) is 0 Å². The highest BCUT2D eigenvalue weighted by Gasteiger charge is 2.34. The molecule has 1 aliphatic heterocycles. The molecule has 1 heterocycles. The first-order valence-electron chi connectivity index (χ1n) is 8.41. The quantitative estimate of drug-likeness (QED) is 0.723. The number of hydrogen-bond donors (Lipinski definition) is 0. The van der Waals surface area contributed by atoms with Crippen LogP contribution in [-0.4, -0.2) is 24.0 Å². The normalized spacial score (nSPS) is 16.9. The van der Waals surface area contributed by atoms with Gasteiger partial charge in [-0.25, -0.2) is 0 Å². The summed E-state index contributed by atoms with van der Waals surface area (Å²) in [7, 11) is 0. The van der Waals surface area contributed by atoms with E-state index in [2.05, 4.69) is 0 Å². The molecular weight excluding hydrogens is 373 g/mol. The molecule has 0 bridgehead atoms. The van der Waals surface area contributed by atoms with Gasteiger partial charge in [0.05, 0.1) is 6.42 Å². The molecule has 1 amide bonds.